The van der Waals surface area contributed by atoms with E-state index in [1.54, 1.807) is 42.7 Å². The maximum absolute atomic E-state index is 13.9. The number of rotatable bonds is 3. The largest absolute Gasteiger partial charge is 0.279 e. The molecule has 0 bridgehead atoms. The van der Waals surface area contributed by atoms with Gasteiger partial charge in [0.05, 0.1) is 23.1 Å². The van der Waals surface area contributed by atoms with Gasteiger partial charge in [0.15, 0.2) is 0 Å². The third-order valence-electron chi connectivity index (χ3n) is 3.71. The van der Waals surface area contributed by atoms with Crippen LogP contribution in [0.3, 0.4) is 0 Å². The summed E-state index contributed by atoms with van der Waals surface area (Å²) < 4.78 is 27.7. The molecule has 0 spiro atoms. The van der Waals surface area contributed by atoms with Crippen molar-refractivity contribution in [1.82, 2.24) is 15.0 Å². The number of hydrogen-bond acceptors (Lipinski definition) is 4. The van der Waals surface area contributed by atoms with E-state index in [4.69, 9.17) is 11.6 Å². The third-order valence-corrected chi connectivity index (χ3v) is 3.93. The summed E-state index contributed by atoms with van der Waals surface area (Å²) in [5.41, 5.74) is 2.05. The van der Waals surface area contributed by atoms with Crippen LogP contribution >= 0.6 is 11.6 Å². The van der Waals surface area contributed by atoms with Gasteiger partial charge < -0.3 is 0 Å². The van der Waals surface area contributed by atoms with Gasteiger partial charge in [-0.15, -0.1) is 0 Å². The first-order chi connectivity index (χ1) is 12.6. The van der Waals surface area contributed by atoms with Crippen LogP contribution in [0.1, 0.15) is 0 Å². The third kappa shape index (κ3) is 3.19. The van der Waals surface area contributed by atoms with Crippen LogP contribution in [0.15, 0.2) is 67.0 Å². The number of anilines is 3. The fraction of sp³-hybridized carbons (Fsp3) is 0. The van der Waals surface area contributed by atoms with Gasteiger partial charge in [-0.2, -0.15) is 0 Å². The molecule has 128 valence electrons. The van der Waals surface area contributed by atoms with Crippen molar-refractivity contribution in [2.75, 3.05) is 4.90 Å². The SMILES string of the molecule is Fc1cccc(N(c2cc(F)cc(Cl)c2)c2ncc3ncccc3n2)c1. The van der Waals surface area contributed by atoms with Crippen LogP contribution in [0.2, 0.25) is 5.02 Å². The summed E-state index contributed by atoms with van der Waals surface area (Å²) in [5, 5.41) is 0.212. The van der Waals surface area contributed by atoms with E-state index in [0.29, 0.717) is 22.4 Å². The molecule has 0 N–H and O–H groups in total. The van der Waals surface area contributed by atoms with Crippen LogP contribution < -0.4 is 4.90 Å². The van der Waals surface area contributed by atoms with Crippen molar-refractivity contribution in [1.29, 1.82) is 0 Å². The van der Waals surface area contributed by atoms with E-state index in [2.05, 4.69) is 15.0 Å². The number of fused-ring (bicyclic) bond motifs is 1. The minimum atomic E-state index is -0.517. The Labute approximate surface area is 152 Å². The van der Waals surface area contributed by atoms with Crippen LogP contribution in [0.4, 0.5) is 26.1 Å². The minimum absolute atomic E-state index is 0.212. The minimum Gasteiger partial charge on any atom is -0.279 e. The Bertz CT molecular complexity index is 1080. The summed E-state index contributed by atoms with van der Waals surface area (Å²) in [6.45, 7) is 0. The Morgan fingerprint density at radius 1 is 0.808 bits per heavy atom. The summed E-state index contributed by atoms with van der Waals surface area (Å²) in [4.78, 5) is 14.5. The van der Waals surface area contributed by atoms with E-state index in [0.717, 1.165) is 0 Å². The van der Waals surface area contributed by atoms with Crippen LogP contribution in [-0.2, 0) is 0 Å². The van der Waals surface area contributed by atoms with Gasteiger partial charge in [0.1, 0.15) is 17.2 Å². The van der Waals surface area contributed by atoms with Gasteiger partial charge in [0, 0.05) is 11.2 Å². The zero-order valence-electron chi connectivity index (χ0n) is 13.3. The second kappa shape index (κ2) is 6.65. The average Bonchev–Trinajstić information content (AvgIpc) is 2.61. The Balaban J connectivity index is 1.94. The second-order valence-corrected chi connectivity index (χ2v) is 5.96. The Morgan fingerprint density at radius 3 is 2.46 bits per heavy atom. The molecule has 0 aliphatic carbocycles. The van der Waals surface area contributed by atoms with Gasteiger partial charge in [-0.3, -0.25) is 9.88 Å². The van der Waals surface area contributed by atoms with Crippen molar-refractivity contribution >= 4 is 40.0 Å². The number of nitrogens with zero attached hydrogens (tertiary/aromatic N) is 4. The molecule has 2 heterocycles. The number of aromatic nitrogens is 3. The molecule has 2 aromatic carbocycles. The molecule has 0 amide bonds. The summed E-state index contributed by atoms with van der Waals surface area (Å²) in [6, 6.07) is 13.5. The average molecular weight is 369 g/mol. The van der Waals surface area contributed by atoms with Gasteiger partial charge in [0.25, 0.3) is 0 Å². The first kappa shape index (κ1) is 16.4. The summed E-state index contributed by atoms with van der Waals surface area (Å²) in [7, 11) is 0. The molecule has 0 saturated heterocycles. The lowest BCUT2D eigenvalue weighted by molar-refractivity contribution is 0.627. The maximum atomic E-state index is 13.9. The topological polar surface area (TPSA) is 41.9 Å². The zero-order valence-corrected chi connectivity index (χ0v) is 14.0. The predicted octanol–water partition coefficient (Wildman–Crippen LogP) is 5.43. The highest BCUT2D eigenvalue weighted by Gasteiger charge is 2.18. The molecule has 0 radical (unpaired) electrons. The van der Waals surface area contributed by atoms with Crippen LogP contribution in [-0.4, -0.2) is 15.0 Å². The molecular weight excluding hydrogens is 358 g/mol. The van der Waals surface area contributed by atoms with E-state index >= 15 is 0 Å². The number of hydrogen-bond donors (Lipinski definition) is 0. The Hall–Kier alpha value is -3.12. The highest BCUT2D eigenvalue weighted by atomic mass is 35.5. The van der Waals surface area contributed by atoms with Crippen molar-refractivity contribution in [3.63, 3.8) is 0 Å². The van der Waals surface area contributed by atoms with Crippen molar-refractivity contribution in [3.05, 3.63) is 83.6 Å². The van der Waals surface area contributed by atoms with E-state index < -0.39 is 11.6 Å². The molecule has 2 aromatic heterocycles. The van der Waals surface area contributed by atoms with Gasteiger partial charge in [0.2, 0.25) is 5.95 Å². The fourth-order valence-electron chi connectivity index (χ4n) is 2.63. The molecule has 0 atom stereocenters. The first-order valence-corrected chi connectivity index (χ1v) is 8.07. The lowest BCUT2D eigenvalue weighted by Crippen LogP contribution is -2.14. The first-order valence-electron chi connectivity index (χ1n) is 7.70. The van der Waals surface area contributed by atoms with Gasteiger partial charge in [-0.25, -0.2) is 18.7 Å². The normalized spacial score (nSPS) is 10.9. The van der Waals surface area contributed by atoms with Gasteiger partial charge >= 0.3 is 0 Å². The highest BCUT2D eigenvalue weighted by Crippen LogP contribution is 2.34. The smallest absolute Gasteiger partial charge is 0.235 e. The molecule has 0 fully saturated rings. The zero-order chi connectivity index (χ0) is 18.1. The molecule has 0 unspecified atom stereocenters. The van der Waals surface area contributed by atoms with Crippen molar-refractivity contribution in [3.8, 4) is 0 Å². The standard InChI is InChI=1S/C19H11ClF2N4/c20-12-7-14(22)10-16(8-12)26(15-4-1-3-13(21)9-15)19-24-11-18-17(25-19)5-2-6-23-18/h1-11H. The van der Waals surface area contributed by atoms with Crippen LogP contribution in [0, 0.1) is 11.6 Å². The second-order valence-electron chi connectivity index (χ2n) is 5.52. The number of benzene rings is 2. The van der Waals surface area contributed by atoms with Crippen molar-refractivity contribution in [2.45, 2.75) is 0 Å². The molecule has 4 nitrogen and oxygen atoms in total. The van der Waals surface area contributed by atoms with E-state index in [1.807, 2.05) is 0 Å². The van der Waals surface area contributed by atoms with Crippen LogP contribution in [0.5, 0.6) is 0 Å². The molecule has 7 heteroatoms. The quantitative estimate of drug-likeness (QED) is 0.484. The molecular formula is C19H11ClF2N4. The molecule has 0 saturated carbocycles. The lowest BCUT2D eigenvalue weighted by Gasteiger charge is -2.23. The summed E-state index contributed by atoms with van der Waals surface area (Å²) in [5.74, 6) is -0.702. The van der Waals surface area contributed by atoms with E-state index in [1.165, 1.54) is 29.2 Å². The van der Waals surface area contributed by atoms with Crippen LogP contribution in [0.25, 0.3) is 11.0 Å². The number of pyridine rings is 1. The maximum Gasteiger partial charge on any atom is 0.235 e. The Morgan fingerprint density at radius 2 is 1.65 bits per heavy atom. The van der Waals surface area contributed by atoms with E-state index in [9.17, 15) is 8.78 Å². The highest BCUT2D eigenvalue weighted by molar-refractivity contribution is 6.30. The lowest BCUT2D eigenvalue weighted by atomic mass is 10.2. The molecule has 26 heavy (non-hydrogen) atoms. The fourth-order valence-corrected chi connectivity index (χ4v) is 2.85. The van der Waals surface area contributed by atoms with Crippen molar-refractivity contribution in [2.24, 2.45) is 0 Å². The molecule has 0 aliphatic rings. The van der Waals surface area contributed by atoms with Crippen molar-refractivity contribution < 1.29 is 8.78 Å². The van der Waals surface area contributed by atoms with Gasteiger partial charge in [-0.05, 0) is 48.5 Å². The summed E-state index contributed by atoms with van der Waals surface area (Å²) >= 11 is 6.00. The molecule has 0 aliphatic heterocycles. The van der Waals surface area contributed by atoms with Gasteiger partial charge in [-0.1, -0.05) is 17.7 Å². The molecule has 4 aromatic rings. The molecule has 4 rings (SSSR count). The predicted molar refractivity (Wildman–Crippen MR) is 96.9 cm³/mol. The number of halogens is 3. The Kier molecular flexibility index (Phi) is 4.18. The summed E-state index contributed by atoms with van der Waals surface area (Å²) in [6.07, 6.45) is 3.20. The van der Waals surface area contributed by atoms with E-state index in [-0.39, 0.29) is 11.0 Å². The monoisotopic (exact) mass is 368 g/mol.